The Labute approximate surface area is 169 Å². The van der Waals surface area contributed by atoms with E-state index in [2.05, 4.69) is 20.2 Å². The maximum Gasteiger partial charge on any atom is 0.274 e. The molecule has 0 atom stereocenters. The Morgan fingerprint density at radius 3 is 2.38 bits per heavy atom. The summed E-state index contributed by atoms with van der Waals surface area (Å²) in [5.41, 5.74) is 3.29. The number of benzene rings is 1. The first-order valence-corrected chi connectivity index (χ1v) is 9.61. The number of nitrogens with zero attached hydrogens (tertiary/aromatic N) is 6. The van der Waals surface area contributed by atoms with Crippen molar-refractivity contribution in [1.82, 2.24) is 24.9 Å². The summed E-state index contributed by atoms with van der Waals surface area (Å²) in [5, 5.41) is 12.7. The summed E-state index contributed by atoms with van der Waals surface area (Å²) in [4.78, 5) is 16.9. The lowest BCUT2D eigenvalue weighted by Crippen LogP contribution is -2.49. The summed E-state index contributed by atoms with van der Waals surface area (Å²) in [6.07, 6.45) is 0. The summed E-state index contributed by atoms with van der Waals surface area (Å²) in [6.45, 7) is 6.61. The Morgan fingerprint density at radius 1 is 1.00 bits per heavy atom. The number of ether oxygens (including phenoxy) is 1. The van der Waals surface area contributed by atoms with Crippen LogP contribution in [0.1, 0.15) is 21.9 Å². The van der Waals surface area contributed by atoms with E-state index in [4.69, 9.17) is 4.74 Å². The van der Waals surface area contributed by atoms with Gasteiger partial charge < -0.3 is 14.5 Å². The van der Waals surface area contributed by atoms with Gasteiger partial charge in [-0.25, -0.2) is 4.68 Å². The van der Waals surface area contributed by atoms with E-state index < -0.39 is 0 Å². The van der Waals surface area contributed by atoms with Crippen LogP contribution in [-0.4, -0.2) is 64.1 Å². The lowest BCUT2D eigenvalue weighted by Gasteiger charge is -2.36. The third-order valence-electron chi connectivity index (χ3n) is 5.09. The molecule has 29 heavy (non-hydrogen) atoms. The third-order valence-corrected chi connectivity index (χ3v) is 5.09. The molecule has 1 aliphatic heterocycles. The van der Waals surface area contributed by atoms with E-state index in [1.54, 1.807) is 23.9 Å². The largest absolute Gasteiger partial charge is 0.495 e. The average Bonchev–Trinajstić information content (AvgIpc) is 3.11. The number of piperazine rings is 1. The van der Waals surface area contributed by atoms with Crippen molar-refractivity contribution in [2.24, 2.45) is 0 Å². The third kappa shape index (κ3) is 3.78. The van der Waals surface area contributed by atoms with Gasteiger partial charge in [0.25, 0.3) is 5.91 Å². The smallest absolute Gasteiger partial charge is 0.274 e. The molecule has 3 heterocycles. The highest BCUT2D eigenvalue weighted by atomic mass is 16.5. The number of hydrogen-bond donors (Lipinski definition) is 0. The summed E-state index contributed by atoms with van der Waals surface area (Å²) in [5.74, 6) is 1.35. The molecule has 0 spiro atoms. The number of methoxy groups -OCH3 is 1. The molecule has 1 aromatic carbocycles. The molecule has 1 saturated heterocycles. The monoisotopic (exact) mass is 392 g/mol. The van der Waals surface area contributed by atoms with Crippen molar-refractivity contribution in [3.63, 3.8) is 0 Å². The maximum absolute atomic E-state index is 12.8. The zero-order chi connectivity index (χ0) is 20.4. The van der Waals surface area contributed by atoms with Gasteiger partial charge in [-0.2, -0.15) is 5.10 Å². The van der Waals surface area contributed by atoms with Crippen LogP contribution in [0.5, 0.6) is 5.75 Å². The first kappa shape index (κ1) is 18.9. The Morgan fingerprint density at radius 2 is 1.76 bits per heavy atom. The second-order valence-corrected chi connectivity index (χ2v) is 7.07. The van der Waals surface area contributed by atoms with E-state index in [-0.39, 0.29) is 5.91 Å². The molecule has 0 bridgehead atoms. The van der Waals surface area contributed by atoms with Crippen molar-refractivity contribution in [3.8, 4) is 11.6 Å². The van der Waals surface area contributed by atoms with E-state index in [0.29, 0.717) is 24.6 Å². The molecule has 0 unspecified atom stereocenters. The fourth-order valence-corrected chi connectivity index (χ4v) is 3.62. The van der Waals surface area contributed by atoms with Crippen LogP contribution >= 0.6 is 0 Å². The molecule has 8 nitrogen and oxygen atoms in total. The minimum absolute atomic E-state index is 0.0999. The highest BCUT2D eigenvalue weighted by molar-refractivity contribution is 5.92. The maximum atomic E-state index is 12.8. The zero-order valence-corrected chi connectivity index (χ0v) is 16.9. The number of rotatable bonds is 4. The van der Waals surface area contributed by atoms with Crippen LogP contribution < -0.4 is 9.64 Å². The van der Waals surface area contributed by atoms with Gasteiger partial charge in [0.05, 0.1) is 18.5 Å². The number of amides is 1. The number of anilines is 1. The number of para-hydroxylation sites is 2. The minimum Gasteiger partial charge on any atom is -0.495 e. The molecular formula is C21H24N6O2. The molecule has 1 amide bonds. The van der Waals surface area contributed by atoms with E-state index in [9.17, 15) is 4.79 Å². The van der Waals surface area contributed by atoms with Crippen LogP contribution in [0.3, 0.4) is 0 Å². The topological polar surface area (TPSA) is 76.4 Å². The number of carbonyl (C=O) groups is 1. The van der Waals surface area contributed by atoms with Gasteiger partial charge in [0, 0.05) is 31.9 Å². The van der Waals surface area contributed by atoms with Crippen molar-refractivity contribution < 1.29 is 9.53 Å². The number of aryl methyl sites for hydroxylation is 2. The second-order valence-electron chi connectivity index (χ2n) is 7.07. The van der Waals surface area contributed by atoms with Crippen LogP contribution in [0.15, 0.2) is 42.5 Å². The van der Waals surface area contributed by atoms with Gasteiger partial charge in [-0.1, -0.05) is 12.1 Å². The van der Waals surface area contributed by atoms with Crippen molar-refractivity contribution in [1.29, 1.82) is 0 Å². The minimum atomic E-state index is -0.0999. The Kier molecular flexibility index (Phi) is 5.16. The van der Waals surface area contributed by atoms with Gasteiger partial charge in [0.15, 0.2) is 11.5 Å². The number of hydrogen-bond acceptors (Lipinski definition) is 6. The second kappa shape index (κ2) is 7.90. The van der Waals surface area contributed by atoms with Crippen molar-refractivity contribution in [2.45, 2.75) is 13.8 Å². The van der Waals surface area contributed by atoms with E-state index in [1.165, 1.54) is 0 Å². The molecule has 3 aromatic rings. The van der Waals surface area contributed by atoms with Crippen LogP contribution in [0, 0.1) is 13.8 Å². The fraction of sp³-hybridized carbons (Fsp3) is 0.333. The van der Waals surface area contributed by atoms with Crippen molar-refractivity contribution in [3.05, 3.63) is 59.5 Å². The lowest BCUT2D eigenvalue weighted by molar-refractivity contribution is 0.0739. The first-order valence-electron chi connectivity index (χ1n) is 9.61. The number of aromatic nitrogens is 4. The van der Waals surface area contributed by atoms with E-state index in [0.717, 1.165) is 35.9 Å². The Hall–Kier alpha value is -3.42. The summed E-state index contributed by atoms with van der Waals surface area (Å²) >= 11 is 0. The molecule has 0 N–H and O–H groups in total. The normalized spacial score (nSPS) is 14.2. The van der Waals surface area contributed by atoms with Crippen molar-refractivity contribution in [2.75, 3.05) is 38.2 Å². The molecule has 0 radical (unpaired) electrons. The Balaban J connectivity index is 1.42. The molecule has 2 aromatic heterocycles. The Bertz CT molecular complexity index is 1010. The van der Waals surface area contributed by atoms with Crippen LogP contribution in [0.25, 0.3) is 5.82 Å². The number of carbonyl (C=O) groups excluding carboxylic acids is 1. The van der Waals surface area contributed by atoms with Gasteiger partial charge in [0.1, 0.15) is 5.75 Å². The van der Waals surface area contributed by atoms with E-state index >= 15 is 0 Å². The molecule has 8 heteroatoms. The van der Waals surface area contributed by atoms with E-state index in [1.807, 2.05) is 49.1 Å². The van der Waals surface area contributed by atoms with Gasteiger partial charge in [-0.05, 0) is 44.2 Å². The summed E-state index contributed by atoms with van der Waals surface area (Å²) in [7, 11) is 1.67. The summed E-state index contributed by atoms with van der Waals surface area (Å²) in [6, 6.07) is 13.4. The highest BCUT2D eigenvalue weighted by Crippen LogP contribution is 2.28. The van der Waals surface area contributed by atoms with Crippen LogP contribution in [0.2, 0.25) is 0 Å². The van der Waals surface area contributed by atoms with Gasteiger partial charge in [-0.3, -0.25) is 4.79 Å². The molecule has 1 aliphatic rings. The molecule has 150 valence electrons. The molecule has 4 rings (SSSR count). The SMILES string of the molecule is COc1ccccc1N1CCN(C(=O)c2ccc(-n3nc(C)cc3C)nn2)CC1. The predicted molar refractivity (Wildman–Crippen MR) is 110 cm³/mol. The lowest BCUT2D eigenvalue weighted by atomic mass is 10.2. The van der Waals surface area contributed by atoms with Crippen molar-refractivity contribution >= 4 is 11.6 Å². The predicted octanol–water partition coefficient (Wildman–Crippen LogP) is 2.25. The van der Waals surface area contributed by atoms with Gasteiger partial charge >= 0.3 is 0 Å². The molecule has 1 fully saturated rings. The highest BCUT2D eigenvalue weighted by Gasteiger charge is 2.24. The van der Waals surface area contributed by atoms with Crippen LogP contribution in [0.4, 0.5) is 5.69 Å². The van der Waals surface area contributed by atoms with Gasteiger partial charge in [0.2, 0.25) is 0 Å². The van der Waals surface area contributed by atoms with Gasteiger partial charge in [-0.15, -0.1) is 10.2 Å². The quantitative estimate of drug-likeness (QED) is 0.678. The average molecular weight is 392 g/mol. The fourth-order valence-electron chi connectivity index (χ4n) is 3.62. The summed E-state index contributed by atoms with van der Waals surface area (Å²) < 4.78 is 7.18. The standard InChI is InChI=1S/C21H24N6O2/c1-15-14-16(2)27(24-15)20-9-8-17(22-23-20)21(28)26-12-10-25(11-13-26)18-6-4-5-7-19(18)29-3/h4-9,14H,10-13H2,1-3H3. The van der Waals surface area contributed by atoms with Crippen LogP contribution in [-0.2, 0) is 0 Å². The molecule has 0 aliphatic carbocycles. The molecule has 0 saturated carbocycles. The first-order chi connectivity index (χ1) is 14.1. The zero-order valence-electron chi connectivity index (χ0n) is 16.9. The molecular weight excluding hydrogens is 368 g/mol.